The van der Waals surface area contributed by atoms with Gasteiger partial charge < -0.3 is 9.72 Å². The highest BCUT2D eigenvalue weighted by Gasteiger charge is 2.29. The molecule has 13 heteroatoms. The Labute approximate surface area is 172 Å². The SMILES string of the molecule is CS(=O)(=O)O.Cc1c(OCC(F)(F)F)ccnc1CS(=O)c1nc2ccccc2[nH]1. The van der Waals surface area contributed by atoms with E-state index in [0.29, 0.717) is 28.2 Å². The van der Waals surface area contributed by atoms with Gasteiger partial charge in [0.1, 0.15) is 5.75 Å². The smallest absolute Gasteiger partial charge is 0.422 e. The van der Waals surface area contributed by atoms with Gasteiger partial charge in [0.15, 0.2) is 11.8 Å². The molecule has 2 N–H and O–H groups in total. The first-order valence-electron chi connectivity index (χ1n) is 8.23. The van der Waals surface area contributed by atoms with E-state index in [4.69, 9.17) is 9.29 Å². The standard InChI is InChI=1S/C16H14F3N3O2S.CH4O3S/c1-10-13(20-7-6-14(10)24-9-16(17,18)19)8-25(23)15-21-11-4-2-3-5-12(11)22-15;1-5(2,3)4/h2-7H,8-9H2,1H3,(H,21,22);1H3,(H,2,3,4). The van der Waals surface area contributed by atoms with E-state index >= 15 is 0 Å². The molecule has 0 aliphatic carbocycles. The molecule has 3 rings (SSSR count). The highest BCUT2D eigenvalue weighted by atomic mass is 32.2. The molecule has 8 nitrogen and oxygen atoms in total. The monoisotopic (exact) mass is 465 g/mol. The number of rotatable bonds is 5. The van der Waals surface area contributed by atoms with Crippen LogP contribution in [0.5, 0.6) is 5.75 Å². The largest absolute Gasteiger partial charge is 0.484 e. The number of nitrogens with zero attached hydrogens (tertiary/aromatic N) is 2. The first-order chi connectivity index (χ1) is 13.8. The van der Waals surface area contributed by atoms with Crippen LogP contribution in [0.3, 0.4) is 0 Å². The van der Waals surface area contributed by atoms with Crippen LogP contribution in [0.15, 0.2) is 41.7 Å². The summed E-state index contributed by atoms with van der Waals surface area (Å²) in [4.78, 5) is 11.3. The summed E-state index contributed by atoms with van der Waals surface area (Å²) in [5.74, 6) is 0.0958. The number of benzene rings is 1. The maximum atomic E-state index is 12.5. The number of alkyl halides is 3. The van der Waals surface area contributed by atoms with Crippen LogP contribution in [0.25, 0.3) is 11.0 Å². The number of hydrogen-bond acceptors (Lipinski definition) is 6. The third-order valence-corrected chi connectivity index (χ3v) is 4.66. The molecule has 0 radical (unpaired) electrons. The van der Waals surface area contributed by atoms with E-state index < -0.39 is 33.7 Å². The van der Waals surface area contributed by atoms with E-state index in [1.54, 1.807) is 13.0 Å². The van der Waals surface area contributed by atoms with Crippen molar-refractivity contribution in [3.8, 4) is 5.75 Å². The number of aromatic nitrogens is 3. The van der Waals surface area contributed by atoms with Gasteiger partial charge in [0, 0.05) is 11.8 Å². The summed E-state index contributed by atoms with van der Waals surface area (Å²) in [6.45, 7) is 0.202. The number of fused-ring (bicyclic) bond motifs is 1. The number of imidazole rings is 1. The van der Waals surface area contributed by atoms with Crippen LogP contribution >= 0.6 is 0 Å². The molecule has 2 aromatic heterocycles. The molecule has 0 spiro atoms. The van der Waals surface area contributed by atoms with Crippen LogP contribution in [-0.2, 0) is 26.7 Å². The van der Waals surface area contributed by atoms with Gasteiger partial charge in [-0.05, 0) is 25.1 Å². The minimum Gasteiger partial charge on any atom is -0.484 e. The van der Waals surface area contributed by atoms with Crippen molar-refractivity contribution in [2.45, 2.75) is 24.0 Å². The maximum absolute atomic E-state index is 12.5. The fourth-order valence-electron chi connectivity index (χ4n) is 2.25. The third-order valence-electron chi connectivity index (χ3n) is 3.50. The van der Waals surface area contributed by atoms with E-state index in [-0.39, 0.29) is 11.5 Å². The molecule has 0 aliphatic rings. The van der Waals surface area contributed by atoms with E-state index in [1.807, 2.05) is 18.2 Å². The lowest BCUT2D eigenvalue weighted by atomic mass is 10.2. The topological polar surface area (TPSA) is 122 Å². The van der Waals surface area contributed by atoms with Crippen molar-refractivity contribution in [3.05, 3.63) is 47.8 Å². The second-order valence-electron chi connectivity index (χ2n) is 6.07. The average Bonchev–Trinajstić information content (AvgIpc) is 3.04. The molecular formula is C17H18F3N3O5S2. The van der Waals surface area contributed by atoms with Crippen LogP contribution in [0.2, 0.25) is 0 Å². The summed E-state index contributed by atoms with van der Waals surface area (Å²) >= 11 is 0. The molecule has 0 aliphatic heterocycles. The van der Waals surface area contributed by atoms with Crippen molar-refractivity contribution >= 4 is 32.0 Å². The van der Waals surface area contributed by atoms with Gasteiger partial charge in [-0.1, -0.05) is 12.1 Å². The van der Waals surface area contributed by atoms with E-state index in [1.165, 1.54) is 12.3 Å². The first-order valence-corrected chi connectivity index (χ1v) is 11.4. The minimum absolute atomic E-state index is 0.0227. The van der Waals surface area contributed by atoms with Crippen LogP contribution in [0, 0.1) is 6.92 Å². The molecule has 3 aromatic rings. The number of aromatic amines is 1. The molecule has 0 bridgehead atoms. The minimum atomic E-state index is -4.42. The zero-order valence-corrected chi connectivity index (χ0v) is 17.4. The van der Waals surface area contributed by atoms with Crippen molar-refractivity contribution in [2.75, 3.05) is 12.9 Å². The highest BCUT2D eigenvalue weighted by molar-refractivity contribution is 7.85. The van der Waals surface area contributed by atoms with Gasteiger partial charge in [-0.3, -0.25) is 13.7 Å². The molecule has 0 fully saturated rings. The molecule has 30 heavy (non-hydrogen) atoms. The second kappa shape index (κ2) is 9.53. The van der Waals surface area contributed by atoms with Crippen molar-refractivity contribution in [1.29, 1.82) is 0 Å². The summed E-state index contributed by atoms with van der Waals surface area (Å²) in [6, 6.07) is 8.62. The fraction of sp³-hybridized carbons (Fsp3) is 0.294. The van der Waals surface area contributed by atoms with Gasteiger partial charge in [0.25, 0.3) is 10.1 Å². The Balaban J connectivity index is 0.000000575. The number of halogens is 3. The molecule has 1 atom stereocenters. The van der Waals surface area contributed by atoms with Crippen molar-refractivity contribution < 1.29 is 35.1 Å². The zero-order valence-electron chi connectivity index (χ0n) is 15.8. The predicted octanol–water partition coefficient (Wildman–Crippen LogP) is 3.02. The highest BCUT2D eigenvalue weighted by Crippen LogP contribution is 2.24. The Morgan fingerprint density at radius 2 is 1.87 bits per heavy atom. The van der Waals surface area contributed by atoms with Gasteiger partial charge in [0.2, 0.25) is 0 Å². The Kier molecular flexibility index (Phi) is 7.55. The number of pyridine rings is 1. The number of nitrogens with one attached hydrogen (secondary N) is 1. The summed E-state index contributed by atoms with van der Waals surface area (Å²) in [5, 5.41) is 0.295. The van der Waals surface area contributed by atoms with Gasteiger partial charge in [-0.25, -0.2) is 4.98 Å². The molecule has 0 amide bonds. The number of H-pyrrole nitrogens is 1. The van der Waals surface area contributed by atoms with Crippen LogP contribution < -0.4 is 4.74 Å². The quantitative estimate of drug-likeness (QED) is 0.556. The van der Waals surface area contributed by atoms with E-state index in [2.05, 4.69) is 15.0 Å². The van der Waals surface area contributed by atoms with Crippen LogP contribution in [0.4, 0.5) is 13.2 Å². The fourth-order valence-corrected chi connectivity index (χ4v) is 3.35. The summed E-state index contributed by atoms with van der Waals surface area (Å²) in [6.07, 6.45) is -2.37. The van der Waals surface area contributed by atoms with Gasteiger partial charge >= 0.3 is 6.18 Å². The molecule has 2 heterocycles. The number of hydrogen-bond donors (Lipinski definition) is 2. The van der Waals surface area contributed by atoms with Crippen LogP contribution in [0.1, 0.15) is 11.3 Å². The van der Waals surface area contributed by atoms with Crippen molar-refractivity contribution in [1.82, 2.24) is 15.0 Å². The third kappa shape index (κ3) is 7.72. The van der Waals surface area contributed by atoms with Crippen molar-refractivity contribution in [3.63, 3.8) is 0 Å². The normalized spacial score (nSPS) is 12.9. The first kappa shape index (κ1) is 23.8. The maximum Gasteiger partial charge on any atom is 0.422 e. The lowest BCUT2D eigenvalue weighted by Crippen LogP contribution is -2.19. The lowest BCUT2D eigenvalue weighted by Gasteiger charge is -2.13. The summed E-state index contributed by atoms with van der Waals surface area (Å²) < 4.78 is 80.1. The number of ether oxygens (including phenoxy) is 1. The zero-order chi connectivity index (χ0) is 22.5. The Bertz CT molecular complexity index is 1110. The summed E-state index contributed by atoms with van der Waals surface area (Å²) in [7, 11) is -5.18. The summed E-state index contributed by atoms with van der Waals surface area (Å²) in [5.41, 5.74) is 2.28. The molecule has 0 saturated carbocycles. The molecule has 164 valence electrons. The lowest BCUT2D eigenvalue weighted by molar-refractivity contribution is -0.153. The van der Waals surface area contributed by atoms with Gasteiger partial charge in [-0.15, -0.1) is 0 Å². The average molecular weight is 465 g/mol. The Morgan fingerprint density at radius 1 is 1.23 bits per heavy atom. The number of para-hydroxylation sites is 2. The van der Waals surface area contributed by atoms with Crippen LogP contribution in [-0.4, -0.2) is 51.2 Å². The Morgan fingerprint density at radius 3 is 2.47 bits per heavy atom. The van der Waals surface area contributed by atoms with E-state index in [0.717, 1.165) is 5.52 Å². The molecule has 0 saturated heterocycles. The second-order valence-corrected chi connectivity index (χ2v) is 8.90. The molecule has 1 aromatic carbocycles. The predicted molar refractivity (Wildman–Crippen MR) is 104 cm³/mol. The molecular weight excluding hydrogens is 447 g/mol. The Hall–Kier alpha value is -2.51. The van der Waals surface area contributed by atoms with Crippen molar-refractivity contribution in [2.24, 2.45) is 0 Å². The van der Waals surface area contributed by atoms with Gasteiger partial charge in [0.05, 0.1) is 39.5 Å². The van der Waals surface area contributed by atoms with E-state index in [9.17, 15) is 25.8 Å². The molecule has 1 unspecified atom stereocenters. The van der Waals surface area contributed by atoms with Gasteiger partial charge in [-0.2, -0.15) is 21.6 Å².